The highest BCUT2D eigenvalue weighted by atomic mass is 19.1. The highest BCUT2D eigenvalue weighted by molar-refractivity contribution is 5.96. The van der Waals surface area contributed by atoms with Gasteiger partial charge < -0.3 is 15.1 Å². The Balaban J connectivity index is 1.88. The number of hydrogen-bond acceptors (Lipinski definition) is 5. The van der Waals surface area contributed by atoms with Crippen LogP contribution in [-0.2, 0) is 4.79 Å². The number of amides is 1. The molecule has 1 amide bonds. The maximum Gasteiger partial charge on any atom is 0.275 e. The molecule has 0 aromatic heterocycles. The number of fused-ring (bicyclic) bond motifs is 1. The van der Waals surface area contributed by atoms with E-state index >= 15 is 0 Å². The molecule has 4 rings (SSSR count). The van der Waals surface area contributed by atoms with Gasteiger partial charge in [0.05, 0.1) is 12.3 Å². The van der Waals surface area contributed by atoms with Gasteiger partial charge in [0.2, 0.25) is 0 Å². The van der Waals surface area contributed by atoms with Crippen LogP contribution < -0.4 is 0 Å². The largest absolute Gasteiger partial charge is 0.507 e. The summed E-state index contributed by atoms with van der Waals surface area (Å²) in [6.07, 6.45) is 0.436. The lowest BCUT2D eigenvalue weighted by molar-refractivity contribution is -0.134. The number of halogens is 2. The summed E-state index contributed by atoms with van der Waals surface area (Å²) in [5.74, 6) is -2.36. The number of hydrogen-bond donors (Lipinski definition) is 2. The SMILES string of the molecule is CCCN1CC(C(c2cccc(F)c2)c2cccc(F)c2)N2N=CC(O)C(O)=C2C1=O. The Morgan fingerprint density at radius 1 is 1.13 bits per heavy atom. The first-order valence-electron chi connectivity index (χ1n) is 10.2. The number of nitrogens with zero attached hydrogens (tertiary/aromatic N) is 3. The zero-order chi connectivity index (χ0) is 22.1. The van der Waals surface area contributed by atoms with Gasteiger partial charge >= 0.3 is 0 Å². The Bertz CT molecular complexity index is 1010. The van der Waals surface area contributed by atoms with Crippen molar-refractivity contribution >= 4 is 12.1 Å². The maximum atomic E-state index is 14.1. The van der Waals surface area contributed by atoms with Crippen LogP contribution in [0.1, 0.15) is 30.4 Å². The van der Waals surface area contributed by atoms with Crippen LogP contribution in [0.5, 0.6) is 0 Å². The first-order chi connectivity index (χ1) is 14.9. The Kier molecular flexibility index (Phi) is 5.73. The summed E-state index contributed by atoms with van der Waals surface area (Å²) in [4.78, 5) is 14.6. The fourth-order valence-corrected chi connectivity index (χ4v) is 4.26. The van der Waals surface area contributed by atoms with Gasteiger partial charge in [-0.3, -0.25) is 9.80 Å². The van der Waals surface area contributed by atoms with Crippen LogP contribution in [0.3, 0.4) is 0 Å². The summed E-state index contributed by atoms with van der Waals surface area (Å²) in [6, 6.07) is 11.5. The Morgan fingerprint density at radius 3 is 2.29 bits per heavy atom. The smallest absolute Gasteiger partial charge is 0.275 e. The lowest BCUT2D eigenvalue weighted by Crippen LogP contribution is -2.57. The van der Waals surface area contributed by atoms with Gasteiger partial charge in [-0.05, 0) is 41.8 Å². The number of aliphatic hydroxyl groups is 2. The predicted molar refractivity (Wildman–Crippen MR) is 111 cm³/mol. The Morgan fingerprint density at radius 2 is 1.74 bits per heavy atom. The Hall–Kier alpha value is -3.26. The molecule has 1 saturated heterocycles. The highest BCUT2D eigenvalue weighted by Crippen LogP contribution is 2.38. The fourth-order valence-electron chi connectivity index (χ4n) is 4.26. The van der Waals surface area contributed by atoms with Crippen molar-refractivity contribution in [2.75, 3.05) is 13.1 Å². The second kappa shape index (κ2) is 8.47. The minimum absolute atomic E-state index is 0.113. The zero-order valence-electron chi connectivity index (χ0n) is 16.9. The fraction of sp³-hybridized carbons (Fsp3) is 0.304. The van der Waals surface area contributed by atoms with Gasteiger partial charge in [-0.25, -0.2) is 8.78 Å². The van der Waals surface area contributed by atoms with Crippen LogP contribution >= 0.6 is 0 Å². The molecule has 162 valence electrons. The summed E-state index contributed by atoms with van der Waals surface area (Å²) < 4.78 is 28.3. The van der Waals surface area contributed by atoms with E-state index in [0.717, 1.165) is 6.21 Å². The Labute approximate surface area is 178 Å². The molecule has 0 bridgehead atoms. The number of rotatable bonds is 5. The zero-order valence-corrected chi connectivity index (χ0v) is 16.9. The average molecular weight is 427 g/mol. The normalized spacial score (nSPS) is 21.1. The lowest BCUT2D eigenvalue weighted by Gasteiger charge is -2.45. The molecular formula is C23H23F2N3O3. The van der Waals surface area contributed by atoms with E-state index in [-0.39, 0.29) is 12.2 Å². The van der Waals surface area contributed by atoms with E-state index in [2.05, 4.69) is 5.10 Å². The summed E-state index contributed by atoms with van der Waals surface area (Å²) in [5.41, 5.74) is 1.06. The van der Waals surface area contributed by atoms with Crippen LogP contribution in [0.15, 0.2) is 65.1 Å². The van der Waals surface area contributed by atoms with Crippen LogP contribution in [0.25, 0.3) is 0 Å². The molecule has 2 aromatic rings. The topological polar surface area (TPSA) is 76.4 Å². The first kappa shape index (κ1) is 21.0. The van der Waals surface area contributed by atoms with Gasteiger partial charge in [-0.15, -0.1) is 0 Å². The molecule has 0 radical (unpaired) electrons. The second-order valence-corrected chi connectivity index (χ2v) is 7.69. The molecule has 0 spiro atoms. The van der Waals surface area contributed by atoms with Crippen molar-refractivity contribution in [2.45, 2.75) is 31.4 Å². The van der Waals surface area contributed by atoms with Gasteiger partial charge in [0.25, 0.3) is 5.91 Å². The molecule has 2 unspecified atom stereocenters. The molecule has 2 N–H and O–H groups in total. The average Bonchev–Trinajstić information content (AvgIpc) is 2.74. The van der Waals surface area contributed by atoms with Crippen molar-refractivity contribution in [3.05, 3.63) is 82.7 Å². The van der Waals surface area contributed by atoms with Crippen LogP contribution in [-0.4, -0.2) is 57.5 Å². The van der Waals surface area contributed by atoms with Crippen molar-refractivity contribution in [1.29, 1.82) is 0 Å². The van der Waals surface area contributed by atoms with E-state index in [0.29, 0.717) is 24.1 Å². The number of carbonyl (C=O) groups is 1. The number of benzene rings is 2. The maximum absolute atomic E-state index is 14.1. The monoisotopic (exact) mass is 427 g/mol. The summed E-state index contributed by atoms with van der Waals surface area (Å²) >= 11 is 0. The quantitative estimate of drug-likeness (QED) is 0.769. The third kappa shape index (κ3) is 3.90. The standard InChI is InChI=1S/C23H23F2N3O3/c1-2-9-27-13-18(28-21(23(27)31)22(30)19(29)12-26-28)20(14-5-3-7-16(24)10-14)15-6-4-8-17(25)11-15/h3-8,10-12,18-20,29-30H,2,9,13H2,1H3. The summed E-state index contributed by atoms with van der Waals surface area (Å²) in [6.45, 7) is 2.58. The van der Waals surface area contributed by atoms with Crippen LogP contribution in [0, 0.1) is 11.6 Å². The molecule has 6 nitrogen and oxygen atoms in total. The molecule has 0 aliphatic carbocycles. The van der Waals surface area contributed by atoms with Crippen molar-refractivity contribution in [2.24, 2.45) is 5.10 Å². The van der Waals surface area contributed by atoms with Gasteiger partial charge in [0, 0.05) is 19.0 Å². The van der Waals surface area contributed by atoms with E-state index in [9.17, 15) is 23.8 Å². The molecule has 2 aliphatic heterocycles. The van der Waals surface area contributed by atoms with E-state index in [1.54, 1.807) is 29.2 Å². The van der Waals surface area contributed by atoms with Crippen molar-refractivity contribution in [1.82, 2.24) is 9.91 Å². The van der Waals surface area contributed by atoms with E-state index in [4.69, 9.17) is 0 Å². The summed E-state index contributed by atoms with van der Waals surface area (Å²) in [7, 11) is 0. The number of piperazine rings is 1. The molecule has 0 saturated carbocycles. The summed E-state index contributed by atoms with van der Waals surface area (Å²) in [5, 5.41) is 26.1. The first-order valence-corrected chi connectivity index (χ1v) is 10.2. The molecule has 2 atom stereocenters. The molecule has 2 aromatic carbocycles. The number of hydrazone groups is 1. The van der Waals surface area contributed by atoms with Gasteiger partial charge in [-0.2, -0.15) is 5.10 Å². The van der Waals surface area contributed by atoms with Crippen LogP contribution in [0.2, 0.25) is 0 Å². The molecule has 31 heavy (non-hydrogen) atoms. The second-order valence-electron chi connectivity index (χ2n) is 7.69. The van der Waals surface area contributed by atoms with E-state index in [1.807, 2.05) is 6.92 Å². The van der Waals surface area contributed by atoms with Gasteiger partial charge in [-0.1, -0.05) is 31.2 Å². The van der Waals surface area contributed by atoms with Crippen molar-refractivity contribution in [3.63, 3.8) is 0 Å². The number of carbonyl (C=O) groups excluding carboxylic acids is 1. The highest BCUT2D eigenvalue weighted by Gasteiger charge is 2.45. The lowest BCUT2D eigenvalue weighted by atomic mass is 9.83. The van der Waals surface area contributed by atoms with Gasteiger partial charge in [0.1, 0.15) is 17.7 Å². The van der Waals surface area contributed by atoms with Gasteiger partial charge in [0.15, 0.2) is 11.5 Å². The number of aliphatic hydroxyl groups excluding tert-OH is 2. The molecule has 2 aliphatic rings. The van der Waals surface area contributed by atoms with Crippen LogP contribution in [0.4, 0.5) is 8.78 Å². The minimum Gasteiger partial charge on any atom is -0.507 e. The van der Waals surface area contributed by atoms with E-state index < -0.39 is 41.4 Å². The third-order valence-corrected chi connectivity index (χ3v) is 5.59. The molecule has 1 fully saturated rings. The van der Waals surface area contributed by atoms with E-state index in [1.165, 1.54) is 29.3 Å². The third-order valence-electron chi connectivity index (χ3n) is 5.59. The minimum atomic E-state index is -1.39. The van der Waals surface area contributed by atoms with Crippen molar-refractivity contribution < 1.29 is 23.8 Å². The molecule has 2 heterocycles. The molecular weight excluding hydrogens is 404 g/mol. The predicted octanol–water partition coefficient (Wildman–Crippen LogP) is 3.15. The molecule has 8 heteroatoms. The van der Waals surface area contributed by atoms with Crippen molar-refractivity contribution in [3.8, 4) is 0 Å².